The van der Waals surface area contributed by atoms with Gasteiger partial charge in [-0.3, -0.25) is 20.7 Å². The Hall–Kier alpha value is -0.480. The molecule has 2 unspecified atom stereocenters. The molecule has 0 bridgehead atoms. The highest BCUT2D eigenvalue weighted by molar-refractivity contribution is 8.77. The fraction of sp³-hybridized carbons (Fsp3) is 0.875. The van der Waals surface area contributed by atoms with Gasteiger partial charge in [0.15, 0.2) is 5.72 Å². The number of carbonyl (C=O) groups excluding carboxylic acids is 2. The summed E-state index contributed by atoms with van der Waals surface area (Å²) in [7, 11) is 3.90. The molecule has 1 rings (SSSR count). The van der Waals surface area contributed by atoms with Crippen LogP contribution in [0, 0.1) is 0 Å². The number of nitrogens with two attached hydrogens (primary N) is 2. The van der Waals surface area contributed by atoms with Gasteiger partial charge in [-0.15, -0.1) is 0 Å². The molecule has 0 saturated carbocycles. The zero-order valence-electron chi connectivity index (χ0n) is 15.3. The minimum absolute atomic E-state index is 0.178. The molecule has 1 amide bonds. The summed E-state index contributed by atoms with van der Waals surface area (Å²) >= 11 is 0. The van der Waals surface area contributed by atoms with Crippen molar-refractivity contribution in [1.82, 2.24) is 5.43 Å². The summed E-state index contributed by atoms with van der Waals surface area (Å²) in [5.41, 5.74) is 5.48. The lowest BCUT2D eigenvalue weighted by atomic mass is 10.1. The first-order chi connectivity index (χ1) is 11.7. The molecule has 5 N–H and O–H groups in total. The highest BCUT2D eigenvalue weighted by Crippen LogP contribution is 2.39. The predicted molar refractivity (Wildman–Crippen MR) is 103 cm³/mol. The Balaban J connectivity index is 2.19. The van der Waals surface area contributed by atoms with Crippen molar-refractivity contribution in [1.29, 1.82) is 0 Å². The number of unbranched alkanes of at least 4 members (excludes halogenated alkanes) is 1. The van der Waals surface area contributed by atoms with Gasteiger partial charge in [-0.05, 0) is 40.0 Å². The van der Waals surface area contributed by atoms with Crippen LogP contribution in [0.4, 0.5) is 0 Å². The standard InChI is InChI=1S/C16H31N3O4S2/c1-15(2,9-10-22-16(3,17)14(21)19-18)23-13(20)7-5-4-6-12-8-11-24-25-12/h12H,4-11,17-18H2,1-3H3,(H,19,21). The smallest absolute Gasteiger partial charge is 0.306 e. The zero-order chi connectivity index (χ0) is 18.9. The van der Waals surface area contributed by atoms with E-state index in [2.05, 4.69) is 0 Å². The van der Waals surface area contributed by atoms with E-state index in [1.54, 1.807) is 0 Å². The maximum Gasteiger partial charge on any atom is 0.306 e. The molecule has 0 spiro atoms. The number of hydrogen-bond acceptors (Lipinski definition) is 8. The summed E-state index contributed by atoms with van der Waals surface area (Å²) in [6.07, 6.45) is 5.20. The first-order valence-corrected chi connectivity index (χ1v) is 11.0. The largest absolute Gasteiger partial charge is 0.460 e. The van der Waals surface area contributed by atoms with Crippen molar-refractivity contribution in [3.8, 4) is 0 Å². The van der Waals surface area contributed by atoms with Crippen molar-refractivity contribution in [2.75, 3.05) is 12.4 Å². The van der Waals surface area contributed by atoms with E-state index >= 15 is 0 Å². The van der Waals surface area contributed by atoms with Crippen LogP contribution in [-0.4, -0.2) is 40.8 Å². The van der Waals surface area contributed by atoms with Gasteiger partial charge in [0.25, 0.3) is 5.91 Å². The van der Waals surface area contributed by atoms with Gasteiger partial charge >= 0.3 is 5.97 Å². The molecule has 9 heteroatoms. The van der Waals surface area contributed by atoms with E-state index in [0.29, 0.717) is 12.8 Å². The van der Waals surface area contributed by atoms with E-state index in [0.717, 1.165) is 18.1 Å². The Morgan fingerprint density at radius 2 is 2.00 bits per heavy atom. The van der Waals surface area contributed by atoms with Gasteiger partial charge in [0.1, 0.15) is 5.60 Å². The van der Waals surface area contributed by atoms with Crippen molar-refractivity contribution in [2.45, 2.75) is 75.9 Å². The SMILES string of the molecule is CC(C)(CCOC(C)(N)C(=O)NN)OC(=O)CCCCC1CCSS1. The van der Waals surface area contributed by atoms with E-state index in [4.69, 9.17) is 21.1 Å². The molecule has 1 aliphatic rings. The Bertz CT molecular complexity index is 441. The Kier molecular flexibility index (Phi) is 9.58. The molecule has 0 radical (unpaired) electrons. The number of carbonyl (C=O) groups is 2. The van der Waals surface area contributed by atoms with Crippen molar-refractivity contribution in [3.63, 3.8) is 0 Å². The quantitative estimate of drug-likeness (QED) is 0.0929. The van der Waals surface area contributed by atoms with Gasteiger partial charge in [0.05, 0.1) is 6.61 Å². The number of hydrazine groups is 1. The third kappa shape index (κ3) is 9.14. The molecule has 0 aromatic heterocycles. The van der Waals surface area contributed by atoms with Crippen LogP contribution in [0.3, 0.4) is 0 Å². The maximum absolute atomic E-state index is 12.0. The number of esters is 1. The van der Waals surface area contributed by atoms with Crippen molar-refractivity contribution in [2.24, 2.45) is 11.6 Å². The Labute approximate surface area is 158 Å². The molecule has 1 saturated heterocycles. The van der Waals surface area contributed by atoms with E-state index in [1.807, 2.05) is 40.9 Å². The summed E-state index contributed by atoms with van der Waals surface area (Å²) < 4.78 is 10.9. The van der Waals surface area contributed by atoms with Gasteiger partial charge in [-0.2, -0.15) is 0 Å². The molecule has 25 heavy (non-hydrogen) atoms. The monoisotopic (exact) mass is 393 g/mol. The summed E-state index contributed by atoms with van der Waals surface area (Å²) in [6, 6.07) is 0. The van der Waals surface area contributed by atoms with Crippen molar-refractivity contribution < 1.29 is 19.1 Å². The Morgan fingerprint density at radius 1 is 1.28 bits per heavy atom. The molecule has 7 nitrogen and oxygen atoms in total. The maximum atomic E-state index is 12.0. The number of ether oxygens (including phenoxy) is 2. The minimum atomic E-state index is -1.51. The molecule has 0 aliphatic carbocycles. The average Bonchev–Trinajstić information content (AvgIpc) is 3.03. The normalized spacial score (nSPS) is 20.1. The molecule has 0 aromatic rings. The summed E-state index contributed by atoms with van der Waals surface area (Å²) in [5, 5.41) is 0.742. The molecule has 1 aliphatic heterocycles. The van der Waals surface area contributed by atoms with Gasteiger partial charge in [-0.25, -0.2) is 5.84 Å². The second-order valence-electron chi connectivity index (χ2n) is 6.99. The molecular weight excluding hydrogens is 362 g/mol. The van der Waals surface area contributed by atoms with Gasteiger partial charge in [-0.1, -0.05) is 28.0 Å². The molecule has 1 heterocycles. The minimum Gasteiger partial charge on any atom is -0.460 e. The number of nitrogens with one attached hydrogen (secondary N) is 1. The van der Waals surface area contributed by atoms with Crippen molar-refractivity contribution >= 4 is 33.5 Å². The second kappa shape index (κ2) is 10.6. The van der Waals surface area contributed by atoms with Crippen LogP contribution in [0.25, 0.3) is 0 Å². The first-order valence-electron chi connectivity index (χ1n) is 8.60. The third-order valence-corrected chi connectivity index (χ3v) is 6.97. The molecule has 2 atom stereocenters. The van der Waals surface area contributed by atoms with E-state index in [-0.39, 0.29) is 12.6 Å². The number of hydrogen-bond donors (Lipinski definition) is 3. The second-order valence-corrected chi connectivity index (χ2v) is 9.77. The fourth-order valence-electron chi connectivity index (χ4n) is 2.33. The number of rotatable bonds is 11. The summed E-state index contributed by atoms with van der Waals surface area (Å²) in [5.74, 6) is 5.48. The lowest BCUT2D eigenvalue weighted by molar-refractivity contribution is -0.161. The van der Waals surface area contributed by atoms with E-state index in [9.17, 15) is 9.59 Å². The lowest BCUT2D eigenvalue weighted by Gasteiger charge is -2.28. The van der Waals surface area contributed by atoms with Gasteiger partial charge in [0.2, 0.25) is 0 Å². The molecule has 0 aromatic carbocycles. The predicted octanol–water partition coefficient (Wildman–Crippen LogP) is 2.09. The first kappa shape index (κ1) is 22.6. The molecule has 1 fully saturated rings. The van der Waals surface area contributed by atoms with Gasteiger partial charge < -0.3 is 9.47 Å². The lowest BCUT2D eigenvalue weighted by Crippen LogP contribution is -2.55. The zero-order valence-corrected chi connectivity index (χ0v) is 17.0. The highest BCUT2D eigenvalue weighted by Gasteiger charge is 2.30. The van der Waals surface area contributed by atoms with Crippen LogP contribution in [-0.2, 0) is 19.1 Å². The van der Waals surface area contributed by atoms with Crippen LogP contribution < -0.4 is 17.0 Å². The van der Waals surface area contributed by atoms with E-state index in [1.165, 1.54) is 25.5 Å². The topological polar surface area (TPSA) is 117 Å². The van der Waals surface area contributed by atoms with E-state index < -0.39 is 17.2 Å². The summed E-state index contributed by atoms with van der Waals surface area (Å²) in [6.45, 7) is 5.24. The van der Waals surface area contributed by atoms with Crippen LogP contribution in [0.5, 0.6) is 0 Å². The summed E-state index contributed by atoms with van der Waals surface area (Å²) in [4.78, 5) is 23.4. The third-order valence-electron chi connectivity index (χ3n) is 3.96. The Morgan fingerprint density at radius 3 is 2.60 bits per heavy atom. The van der Waals surface area contributed by atoms with Crippen molar-refractivity contribution in [3.05, 3.63) is 0 Å². The highest BCUT2D eigenvalue weighted by atomic mass is 33.1. The average molecular weight is 394 g/mol. The molecular formula is C16H31N3O4S2. The van der Waals surface area contributed by atoms with Crippen LogP contribution in [0.2, 0.25) is 0 Å². The number of amides is 1. The van der Waals surface area contributed by atoms with Gasteiger partial charge in [0, 0.05) is 23.8 Å². The van der Waals surface area contributed by atoms with Crippen LogP contribution >= 0.6 is 21.6 Å². The molecule has 146 valence electrons. The van der Waals surface area contributed by atoms with Crippen LogP contribution in [0.15, 0.2) is 0 Å². The fourth-order valence-corrected chi connectivity index (χ4v) is 5.36. The van der Waals surface area contributed by atoms with Crippen LogP contribution in [0.1, 0.15) is 59.3 Å².